The zero-order valence-electron chi connectivity index (χ0n) is 17.5. The molecule has 1 aliphatic heterocycles. The van der Waals surface area contributed by atoms with E-state index in [-0.39, 0.29) is 24.0 Å². The number of aryl methyl sites for hydroxylation is 1. The van der Waals surface area contributed by atoms with Crippen molar-refractivity contribution in [3.63, 3.8) is 0 Å². The van der Waals surface area contributed by atoms with Gasteiger partial charge in [-0.2, -0.15) is 0 Å². The molecule has 3 rings (SSSR count). The van der Waals surface area contributed by atoms with E-state index in [4.69, 9.17) is 4.74 Å². The Kier molecular flexibility index (Phi) is 7.47. The number of piperazine rings is 1. The lowest BCUT2D eigenvalue weighted by Crippen LogP contribution is -2.49. The van der Waals surface area contributed by atoms with E-state index in [1.807, 2.05) is 35.2 Å². The smallest absolute Gasteiger partial charge is 0.260 e. The molecule has 30 heavy (non-hydrogen) atoms. The molecule has 2 aromatic rings. The van der Waals surface area contributed by atoms with Crippen LogP contribution in [0.2, 0.25) is 0 Å². The molecule has 162 valence electrons. The third kappa shape index (κ3) is 5.81. The van der Waals surface area contributed by atoms with Crippen LogP contribution < -0.4 is 9.46 Å². The van der Waals surface area contributed by atoms with Crippen LogP contribution in [-0.2, 0) is 21.4 Å². The summed E-state index contributed by atoms with van der Waals surface area (Å²) in [6.45, 7) is 8.23. The molecule has 7 nitrogen and oxygen atoms in total. The summed E-state index contributed by atoms with van der Waals surface area (Å²) in [5.41, 5.74) is 1.55. The summed E-state index contributed by atoms with van der Waals surface area (Å²) in [6, 6.07) is 14.0. The minimum absolute atomic E-state index is 0.0496. The number of hydrogen-bond donors (Lipinski definition) is 1. The number of nitrogens with one attached hydrogen (secondary N) is 1. The molecule has 8 heteroatoms. The molecule has 1 amide bonds. The number of rotatable bonds is 8. The molecule has 0 aromatic heterocycles. The van der Waals surface area contributed by atoms with Crippen molar-refractivity contribution < 1.29 is 17.9 Å². The Hall–Kier alpha value is -2.42. The van der Waals surface area contributed by atoms with Crippen molar-refractivity contribution in [1.82, 2.24) is 14.5 Å². The predicted molar refractivity (Wildman–Crippen MR) is 116 cm³/mol. The maximum absolute atomic E-state index is 12.6. The fraction of sp³-hybridized carbons (Fsp3) is 0.409. The summed E-state index contributed by atoms with van der Waals surface area (Å²) in [4.78, 5) is 16.7. The molecule has 0 unspecified atom stereocenters. The van der Waals surface area contributed by atoms with Crippen molar-refractivity contribution in [3.05, 3.63) is 59.7 Å². The number of hydrogen-bond acceptors (Lipinski definition) is 5. The van der Waals surface area contributed by atoms with Crippen LogP contribution >= 0.6 is 0 Å². The summed E-state index contributed by atoms with van der Waals surface area (Å²) < 4.78 is 33.4. The third-order valence-electron chi connectivity index (χ3n) is 5.29. The number of carbonyl (C=O) groups is 1. The quantitative estimate of drug-likeness (QED) is 0.692. The lowest BCUT2D eigenvalue weighted by Gasteiger charge is -2.34. The molecule has 0 bridgehead atoms. The van der Waals surface area contributed by atoms with Crippen molar-refractivity contribution in [2.24, 2.45) is 0 Å². The van der Waals surface area contributed by atoms with Gasteiger partial charge in [-0.25, -0.2) is 13.1 Å². The topological polar surface area (TPSA) is 79.0 Å². The Morgan fingerprint density at radius 3 is 2.40 bits per heavy atom. The Labute approximate surface area is 178 Å². The van der Waals surface area contributed by atoms with Crippen LogP contribution in [0.1, 0.15) is 18.1 Å². The number of ether oxygens (including phenoxy) is 1. The molecule has 0 radical (unpaired) electrons. The Morgan fingerprint density at radius 1 is 1.07 bits per heavy atom. The van der Waals surface area contributed by atoms with E-state index in [2.05, 4.69) is 16.5 Å². The SMILES string of the molecule is CCN1CCN(C(=O)COc2ccc(S(=O)(=O)NCc3ccccc3)cc2C)CC1. The van der Waals surface area contributed by atoms with Gasteiger partial charge in [0.15, 0.2) is 6.61 Å². The number of benzene rings is 2. The predicted octanol–water partition coefficient (Wildman–Crippen LogP) is 2.02. The van der Waals surface area contributed by atoms with E-state index in [1.54, 1.807) is 19.1 Å². The van der Waals surface area contributed by atoms with E-state index in [0.717, 1.165) is 25.2 Å². The van der Waals surface area contributed by atoms with Gasteiger partial charge in [0.2, 0.25) is 10.0 Å². The summed E-state index contributed by atoms with van der Waals surface area (Å²) in [7, 11) is -3.64. The van der Waals surface area contributed by atoms with Gasteiger partial charge in [-0.15, -0.1) is 0 Å². The van der Waals surface area contributed by atoms with Gasteiger partial charge in [-0.05, 0) is 42.8 Å². The highest BCUT2D eigenvalue weighted by molar-refractivity contribution is 7.89. The Balaban J connectivity index is 1.56. The van der Waals surface area contributed by atoms with Gasteiger partial charge in [0.05, 0.1) is 4.90 Å². The molecule has 0 atom stereocenters. The first kappa shape index (κ1) is 22.3. The second-order valence-electron chi connectivity index (χ2n) is 7.34. The highest BCUT2D eigenvalue weighted by Gasteiger charge is 2.21. The summed E-state index contributed by atoms with van der Waals surface area (Å²) in [6.07, 6.45) is 0. The number of nitrogens with zero attached hydrogens (tertiary/aromatic N) is 2. The van der Waals surface area contributed by atoms with Crippen molar-refractivity contribution in [2.45, 2.75) is 25.3 Å². The minimum atomic E-state index is -3.64. The van der Waals surface area contributed by atoms with E-state index in [9.17, 15) is 13.2 Å². The van der Waals surface area contributed by atoms with Crippen molar-refractivity contribution >= 4 is 15.9 Å². The maximum atomic E-state index is 12.6. The number of likely N-dealkylation sites (N-methyl/N-ethyl adjacent to an activating group) is 1. The third-order valence-corrected chi connectivity index (χ3v) is 6.69. The molecule has 0 saturated carbocycles. The standard InChI is InChI=1S/C22H29N3O4S/c1-3-24-11-13-25(14-12-24)22(26)17-29-21-10-9-20(15-18(21)2)30(27,28)23-16-19-7-5-4-6-8-19/h4-10,15,23H,3,11-14,16-17H2,1-2H3. The van der Waals surface area contributed by atoms with Gasteiger partial charge in [-0.1, -0.05) is 37.3 Å². The summed E-state index contributed by atoms with van der Waals surface area (Å²) in [5.74, 6) is 0.462. The van der Waals surface area contributed by atoms with Gasteiger partial charge in [0.25, 0.3) is 5.91 Å². The van der Waals surface area contributed by atoms with Crippen LogP contribution in [-0.4, -0.2) is 63.5 Å². The van der Waals surface area contributed by atoms with Crippen LogP contribution in [0.25, 0.3) is 0 Å². The largest absolute Gasteiger partial charge is 0.483 e. The normalized spacial score (nSPS) is 15.2. The molecule has 1 aliphatic rings. The molecule has 1 heterocycles. The van der Waals surface area contributed by atoms with Gasteiger partial charge in [0.1, 0.15) is 5.75 Å². The average Bonchev–Trinajstić information content (AvgIpc) is 2.77. The van der Waals surface area contributed by atoms with Gasteiger partial charge in [0, 0.05) is 32.7 Å². The first-order valence-electron chi connectivity index (χ1n) is 10.2. The van der Waals surface area contributed by atoms with E-state index in [1.165, 1.54) is 6.07 Å². The average molecular weight is 432 g/mol. The lowest BCUT2D eigenvalue weighted by atomic mass is 10.2. The molecule has 1 N–H and O–H groups in total. The first-order valence-corrected chi connectivity index (χ1v) is 11.6. The molecular weight excluding hydrogens is 402 g/mol. The fourth-order valence-corrected chi connectivity index (χ4v) is 4.46. The zero-order chi connectivity index (χ0) is 21.6. The van der Waals surface area contributed by atoms with Gasteiger partial charge >= 0.3 is 0 Å². The van der Waals surface area contributed by atoms with Crippen molar-refractivity contribution in [2.75, 3.05) is 39.3 Å². The first-order chi connectivity index (χ1) is 14.4. The molecule has 0 aliphatic carbocycles. The van der Waals surface area contributed by atoms with E-state index < -0.39 is 10.0 Å². The monoisotopic (exact) mass is 431 g/mol. The van der Waals surface area contributed by atoms with Gasteiger partial charge < -0.3 is 14.5 Å². The van der Waals surface area contributed by atoms with Crippen LogP contribution in [0, 0.1) is 6.92 Å². The van der Waals surface area contributed by atoms with Crippen LogP contribution in [0.5, 0.6) is 5.75 Å². The van der Waals surface area contributed by atoms with Crippen LogP contribution in [0.3, 0.4) is 0 Å². The summed E-state index contributed by atoms with van der Waals surface area (Å²) >= 11 is 0. The molecule has 1 saturated heterocycles. The van der Waals surface area contributed by atoms with Crippen molar-refractivity contribution in [3.8, 4) is 5.75 Å². The highest BCUT2D eigenvalue weighted by atomic mass is 32.2. The summed E-state index contributed by atoms with van der Waals surface area (Å²) in [5, 5.41) is 0. The number of carbonyl (C=O) groups excluding carboxylic acids is 1. The molecular formula is C22H29N3O4S. The highest BCUT2D eigenvalue weighted by Crippen LogP contribution is 2.22. The molecule has 2 aromatic carbocycles. The zero-order valence-corrected chi connectivity index (χ0v) is 18.3. The Morgan fingerprint density at radius 2 is 1.77 bits per heavy atom. The second kappa shape index (κ2) is 10.1. The van der Waals surface area contributed by atoms with Crippen LogP contribution in [0.4, 0.5) is 0 Å². The maximum Gasteiger partial charge on any atom is 0.260 e. The van der Waals surface area contributed by atoms with Gasteiger partial charge in [-0.3, -0.25) is 4.79 Å². The lowest BCUT2D eigenvalue weighted by molar-refractivity contribution is -0.135. The molecule has 1 fully saturated rings. The number of amides is 1. The van der Waals surface area contributed by atoms with E-state index >= 15 is 0 Å². The number of sulfonamides is 1. The minimum Gasteiger partial charge on any atom is -0.483 e. The molecule has 0 spiro atoms. The van der Waals surface area contributed by atoms with Crippen LogP contribution in [0.15, 0.2) is 53.4 Å². The fourth-order valence-electron chi connectivity index (χ4n) is 3.35. The van der Waals surface area contributed by atoms with Crippen molar-refractivity contribution in [1.29, 1.82) is 0 Å². The second-order valence-corrected chi connectivity index (χ2v) is 9.11. The Bertz CT molecular complexity index is 956. The van der Waals surface area contributed by atoms with E-state index in [0.29, 0.717) is 24.4 Å².